The number of rotatable bonds is 4. The molecule has 2 aromatic heterocycles. The van der Waals surface area contributed by atoms with Crippen LogP contribution in [0.3, 0.4) is 0 Å². The minimum Gasteiger partial charge on any atom is -0.463 e. The summed E-state index contributed by atoms with van der Waals surface area (Å²) in [5.74, 6) is -0.105. The highest BCUT2D eigenvalue weighted by atomic mass is 32.1. The number of amides is 1. The Hall–Kier alpha value is -2.22. The zero-order chi connectivity index (χ0) is 15.7. The fourth-order valence-electron chi connectivity index (χ4n) is 2.16. The van der Waals surface area contributed by atoms with Crippen molar-refractivity contribution in [1.29, 1.82) is 0 Å². The van der Waals surface area contributed by atoms with Gasteiger partial charge in [-0.05, 0) is 13.8 Å². The predicted molar refractivity (Wildman–Crippen MR) is 81.1 cm³/mol. The lowest BCUT2D eigenvalue weighted by molar-refractivity contribution is -0.140. The number of hydrogen-bond acceptors (Lipinski definition) is 6. The number of thiazole rings is 1. The van der Waals surface area contributed by atoms with Crippen molar-refractivity contribution in [2.45, 2.75) is 26.5 Å². The fourth-order valence-corrected chi connectivity index (χ4v) is 2.71. The second-order valence-corrected chi connectivity index (χ2v) is 6.08. The van der Waals surface area contributed by atoms with E-state index in [4.69, 9.17) is 4.74 Å². The van der Waals surface area contributed by atoms with E-state index in [9.17, 15) is 9.59 Å². The van der Waals surface area contributed by atoms with E-state index < -0.39 is 0 Å². The lowest BCUT2D eigenvalue weighted by Gasteiger charge is -2.38. The summed E-state index contributed by atoms with van der Waals surface area (Å²) in [7, 11) is 0. The molecule has 1 aliphatic rings. The van der Waals surface area contributed by atoms with Gasteiger partial charge in [-0.2, -0.15) is 0 Å². The van der Waals surface area contributed by atoms with Crippen molar-refractivity contribution < 1.29 is 9.53 Å². The smallest absolute Gasteiger partial charge is 0.273 e. The van der Waals surface area contributed by atoms with Crippen LogP contribution in [0.5, 0.6) is 5.19 Å². The van der Waals surface area contributed by atoms with Gasteiger partial charge in [0.05, 0.1) is 19.4 Å². The van der Waals surface area contributed by atoms with Crippen molar-refractivity contribution in [1.82, 2.24) is 19.4 Å². The molecule has 1 saturated heterocycles. The van der Waals surface area contributed by atoms with Crippen molar-refractivity contribution in [2.24, 2.45) is 0 Å². The molecule has 0 N–H and O–H groups in total. The topological polar surface area (TPSA) is 77.3 Å². The summed E-state index contributed by atoms with van der Waals surface area (Å²) in [5.41, 5.74) is 1.09. The molecule has 0 radical (unpaired) electrons. The van der Waals surface area contributed by atoms with Crippen molar-refractivity contribution in [3.05, 3.63) is 39.5 Å². The van der Waals surface area contributed by atoms with Gasteiger partial charge >= 0.3 is 0 Å². The summed E-state index contributed by atoms with van der Waals surface area (Å²) in [6.07, 6.45) is 3.08. The fraction of sp³-hybridized carbons (Fsp3) is 0.429. The second-order valence-electron chi connectivity index (χ2n) is 5.22. The van der Waals surface area contributed by atoms with E-state index in [0.717, 1.165) is 0 Å². The highest BCUT2D eigenvalue weighted by molar-refractivity contribution is 7.11. The summed E-state index contributed by atoms with van der Waals surface area (Å²) < 4.78 is 6.96. The Balaban J connectivity index is 1.56. The Morgan fingerprint density at radius 1 is 1.41 bits per heavy atom. The van der Waals surface area contributed by atoms with Gasteiger partial charge in [-0.15, -0.1) is 0 Å². The van der Waals surface area contributed by atoms with Crippen LogP contribution in [0.15, 0.2) is 22.7 Å². The number of carbonyl (C=O) groups excluding carboxylic acids is 1. The van der Waals surface area contributed by atoms with Crippen LogP contribution in [0.4, 0.5) is 0 Å². The Labute approximate surface area is 131 Å². The minimum absolute atomic E-state index is 0.0108. The van der Waals surface area contributed by atoms with Crippen LogP contribution in [0.1, 0.15) is 11.3 Å². The van der Waals surface area contributed by atoms with E-state index in [-0.39, 0.29) is 24.1 Å². The van der Waals surface area contributed by atoms with Gasteiger partial charge < -0.3 is 9.64 Å². The monoisotopic (exact) mass is 320 g/mol. The van der Waals surface area contributed by atoms with Crippen molar-refractivity contribution in [3.8, 4) is 5.19 Å². The Morgan fingerprint density at radius 3 is 2.86 bits per heavy atom. The molecule has 22 heavy (non-hydrogen) atoms. The maximum atomic E-state index is 12.2. The lowest BCUT2D eigenvalue weighted by atomic mass is 10.1. The number of aromatic nitrogens is 3. The van der Waals surface area contributed by atoms with Crippen LogP contribution in [0, 0.1) is 13.8 Å². The van der Waals surface area contributed by atoms with Crippen molar-refractivity contribution in [3.63, 3.8) is 0 Å². The number of carbonyl (C=O) groups is 1. The van der Waals surface area contributed by atoms with Gasteiger partial charge in [-0.25, -0.2) is 9.97 Å². The molecule has 3 rings (SSSR count). The van der Waals surface area contributed by atoms with E-state index >= 15 is 0 Å². The maximum Gasteiger partial charge on any atom is 0.273 e. The van der Waals surface area contributed by atoms with Gasteiger partial charge in [0.15, 0.2) is 0 Å². The van der Waals surface area contributed by atoms with Crippen LogP contribution in [-0.4, -0.2) is 44.5 Å². The molecule has 0 aliphatic carbocycles. The SMILES string of the molecule is Cc1ncn(CC(=O)N2CC(Oc3nccs3)C2)c(=O)c1C. The van der Waals surface area contributed by atoms with Crippen LogP contribution in [0.25, 0.3) is 0 Å². The highest BCUT2D eigenvalue weighted by Crippen LogP contribution is 2.20. The number of likely N-dealkylation sites (tertiary alicyclic amines) is 1. The number of ether oxygens (including phenoxy) is 1. The average molecular weight is 320 g/mol. The Kier molecular flexibility index (Phi) is 3.93. The molecule has 1 amide bonds. The molecule has 0 unspecified atom stereocenters. The molecule has 1 fully saturated rings. The molecule has 0 atom stereocenters. The lowest BCUT2D eigenvalue weighted by Crippen LogP contribution is -2.57. The Bertz CT molecular complexity index is 735. The molecule has 116 valence electrons. The summed E-state index contributed by atoms with van der Waals surface area (Å²) >= 11 is 1.43. The number of aryl methyl sites for hydroxylation is 1. The van der Waals surface area contributed by atoms with Crippen molar-refractivity contribution >= 4 is 17.2 Å². The van der Waals surface area contributed by atoms with E-state index in [2.05, 4.69) is 9.97 Å². The first-order valence-electron chi connectivity index (χ1n) is 6.91. The first-order chi connectivity index (χ1) is 10.5. The third kappa shape index (κ3) is 2.87. The third-order valence-electron chi connectivity index (χ3n) is 3.70. The largest absolute Gasteiger partial charge is 0.463 e. The third-order valence-corrected chi connectivity index (χ3v) is 4.36. The van der Waals surface area contributed by atoms with Gasteiger partial charge in [0, 0.05) is 22.8 Å². The Morgan fingerprint density at radius 2 is 2.18 bits per heavy atom. The van der Waals surface area contributed by atoms with E-state index in [1.54, 1.807) is 24.9 Å². The average Bonchev–Trinajstić information content (AvgIpc) is 2.96. The summed E-state index contributed by atoms with van der Waals surface area (Å²) in [5, 5.41) is 2.46. The van der Waals surface area contributed by atoms with Gasteiger partial charge in [0.25, 0.3) is 10.8 Å². The first-order valence-corrected chi connectivity index (χ1v) is 7.79. The van der Waals surface area contributed by atoms with Gasteiger partial charge in [-0.1, -0.05) is 11.3 Å². The molecule has 0 spiro atoms. The number of hydrogen-bond donors (Lipinski definition) is 0. The second kappa shape index (κ2) is 5.88. The number of nitrogens with zero attached hydrogens (tertiary/aromatic N) is 4. The normalized spacial score (nSPS) is 14.7. The van der Waals surface area contributed by atoms with Crippen LogP contribution < -0.4 is 10.3 Å². The zero-order valence-corrected chi connectivity index (χ0v) is 13.2. The van der Waals surface area contributed by atoms with E-state index in [0.29, 0.717) is 29.5 Å². The standard InChI is InChI=1S/C14H16N4O3S/c1-9-10(2)16-8-18(13(9)20)7-12(19)17-5-11(6-17)21-14-15-3-4-22-14/h3-4,8,11H,5-7H2,1-2H3. The minimum atomic E-state index is -0.169. The molecule has 1 aliphatic heterocycles. The molecule has 0 aromatic carbocycles. The summed E-state index contributed by atoms with van der Waals surface area (Å²) in [6, 6.07) is 0. The molecule has 7 nitrogen and oxygen atoms in total. The van der Waals surface area contributed by atoms with Crippen molar-refractivity contribution in [2.75, 3.05) is 13.1 Å². The molecular formula is C14H16N4O3S. The molecule has 0 saturated carbocycles. The van der Waals surface area contributed by atoms with Gasteiger partial charge in [-0.3, -0.25) is 14.2 Å². The maximum absolute atomic E-state index is 12.2. The quantitative estimate of drug-likeness (QED) is 0.825. The van der Waals surface area contributed by atoms with Crippen LogP contribution in [-0.2, 0) is 11.3 Å². The van der Waals surface area contributed by atoms with Gasteiger partial charge in [0.2, 0.25) is 5.91 Å². The van der Waals surface area contributed by atoms with Crippen LogP contribution in [0.2, 0.25) is 0 Å². The molecule has 0 bridgehead atoms. The highest BCUT2D eigenvalue weighted by Gasteiger charge is 2.32. The molecular weight excluding hydrogens is 304 g/mol. The van der Waals surface area contributed by atoms with Crippen LogP contribution >= 0.6 is 11.3 Å². The first kappa shape index (κ1) is 14.7. The van der Waals surface area contributed by atoms with E-state index in [1.807, 2.05) is 5.38 Å². The van der Waals surface area contributed by atoms with E-state index in [1.165, 1.54) is 22.2 Å². The molecule has 3 heterocycles. The zero-order valence-electron chi connectivity index (χ0n) is 12.4. The molecule has 8 heteroatoms. The summed E-state index contributed by atoms with van der Waals surface area (Å²) in [6.45, 7) is 4.54. The molecule has 2 aromatic rings. The summed E-state index contributed by atoms with van der Waals surface area (Å²) in [4.78, 5) is 34.0. The van der Waals surface area contributed by atoms with Gasteiger partial charge in [0.1, 0.15) is 12.6 Å². The predicted octanol–water partition coefficient (Wildman–Crippen LogP) is 0.606.